The molecule has 2 rings (SSSR count). The molecule has 1 saturated heterocycles. The topological polar surface area (TPSA) is 9.23 Å². The Morgan fingerprint density at radius 1 is 0.800 bits per heavy atom. The van der Waals surface area contributed by atoms with Crippen LogP contribution in [0.3, 0.4) is 0 Å². The van der Waals surface area contributed by atoms with Gasteiger partial charge in [-0.05, 0) is 49.1 Å². The molecule has 0 saturated carbocycles. The Kier molecular flexibility index (Phi) is 10.3. The first kappa shape index (κ1) is 20.5. The first-order valence-corrected chi connectivity index (χ1v) is 11.0. The van der Waals surface area contributed by atoms with Gasteiger partial charge in [-0.2, -0.15) is 0 Å². The van der Waals surface area contributed by atoms with Gasteiger partial charge in [0.05, 0.1) is 12.7 Å². The lowest BCUT2D eigenvalue weighted by molar-refractivity contribution is -0.0198. The maximum absolute atomic E-state index is 6.18. The zero-order valence-electron chi connectivity index (χ0n) is 16.8. The second kappa shape index (κ2) is 12.5. The molecule has 1 heterocycles. The second-order valence-electron chi connectivity index (χ2n) is 8.02. The molecule has 1 nitrogen and oxygen atoms in total. The number of benzene rings is 1. The summed E-state index contributed by atoms with van der Waals surface area (Å²) in [5, 5.41) is 0. The van der Waals surface area contributed by atoms with Gasteiger partial charge in [0.1, 0.15) is 0 Å². The van der Waals surface area contributed by atoms with Crippen LogP contribution in [0.25, 0.3) is 0 Å². The van der Waals surface area contributed by atoms with Crippen molar-refractivity contribution in [3.63, 3.8) is 0 Å². The van der Waals surface area contributed by atoms with Crippen LogP contribution in [0.1, 0.15) is 108 Å². The minimum Gasteiger partial charge on any atom is -0.373 e. The molecule has 2 unspecified atom stereocenters. The van der Waals surface area contributed by atoms with Gasteiger partial charge in [0.25, 0.3) is 0 Å². The van der Waals surface area contributed by atoms with E-state index in [0.717, 1.165) is 12.5 Å². The van der Waals surface area contributed by atoms with Crippen LogP contribution in [0.5, 0.6) is 0 Å². The molecule has 25 heavy (non-hydrogen) atoms. The van der Waals surface area contributed by atoms with Crippen molar-refractivity contribution < 1.29 is 4.74 Å². The van der Waals surface area contributed by atoms with Gasteiger partial charge < -0.3 is 4.74 Å². The van der Waals surface area contributed by atoms with E-state index < -0.39 is 0 Å². The third-order valence-electron chi connectivity index (χ3n) is 5.76. The highest BCUT2D eigenvalue weighted by atomic mass is 16.5. The minimum absolute atomic E-state index is 0.338. The van der Waals surface area contributed by atoms with E-state index in [9.17, 15) is 0 Å². The molecule has 1 fully saturated rings. The van der Waals surface area contributed by atoms with Gasteiger partial charge in [0.15, 0.2) is 0 Å². The van der Waals surface area contributed by atoms with E-state index in [1.807, 2.05) is 0 Å². The first-order chi connectivity index (χ1) is 12.3. The zero-order valence-corrected chi connectivity index (χ0v) is 16.8. The summed E-state index contributed by atoms with van der Waals surface area (Å²) in [6.45, 7) is 5.53. The van der Waals surface area contributed by atoms with Crippen LogP contribution in [0, 0.1) is 5.92 Å². The molecule has 0 bridgehead atoms. The third kappa shape index (κ3) is 7.94. The summed E-state index contributed by atoms with van der Waals surface area (Å²) in [6, 6.07) is 9.29. The average Bonchev–Trinajstić information content (AvgIpc) is 2.66. The summed E-state index contributed by atoms with van der Waals surface area (Å²) in [4.78, 5) is 0. The number of rotatable bonds is 12. The lowest BCUT2D eigenvalue weighted by Gasteiger charge is -2.29. The maximum Gasteiger partial charge on any atom is 0.0825 e. The summed E-state index contributed by atoms with van der Waals surface area (Å²) >= 11 is 0. The number of unbranched alkanes of at least 4 members (excludes halogenated alkanes) is 7. The lowest BCUT2D eigenvalue weighted by Crippen LogP contribution is -2.20. The maximum atomic E-state index is 6.18. The Hall–Kier alpha value is -0.820. The van der Waals surface area contributed by atoms with Crippen molar-refractivity contribution in [1.82, 2.24) is 0 Å². The van der Waals surface area contributed by atoms with Crippen LogP contribution >= 0.6 is 0 Å². The van der Waals surface area contributed by atoms with E-state index in [1.54, 1.807) is 0 Å². The minimum atomic E-state index is 0.338. The van der Waals surface area contributed by atoms with Crippen LogP contribution < -0.4 is 0 Å². The van der Waals surface area contributed by atoms with Gasteiger partial charge in [-0.3, -0.25) is 0 Å². The normalized spacial score (nSPS) is 20.7. The molecular weight excluding hydrogens is 304 g/mol. The van der Waals surface area contributed by atoms with Crippen molar-refractivity contribution in [1.29, 1.82) is 0 Å². The predicted molar refractivity (Wildman–Crippen MR) is 109 cm³/mol. The molecular formula is C24H40O. The van der Waals surface area contributed by atoms with E-state index in [0.29, 0.717) is 6.10 Å². The van der Waals surface area contributed by atoms with E-state index in [2.05, 4.69) is 38.1 Å². The van der Waals surface area contributed by atoms with E-state index in [-0.39, 0.29) is 0 Å². The standard InChI is InChI=1S/C24H40O/c1-3-5-7-8-9-11-12-21-14-17-23(18-15-21)24-19-16-22(20-25-24)13-10-6-4-2/h14-15,17-18,22,24H,3-13,16,19-20H2,1-2H3. The van der Waals surface area contributed by atoms with Crippen LogP contribution in [0.2, 0.25) is 0 Å². The number of ether oxygens (including phenoxy) is 1. The molecule has 1 aromatic carbocycles. The fourth-order valence-corrected chi connectivity index (χ4v) is 3.99. The Morgan fingerprint density at radius 2 is 1.48 bits per heavy atom. The van der Waals surface area contributed by atoms with Crippen molar-refractivity contribution in [3.8, 4) is 0 Å². The predicted octanol–water partition coefficient (Wildman–Crippen LogP) is 7.64. The van der Waals surface area contributed by atoms with Gasteiger partial charge >= 0.3 is 0 Å². The van der Waals surface area contributed by atoms with Crippen LogP contribution in [0.4, 0.5) is 0 Å². The molecule has 1 aromatic rings. The Balaban J connectivity index is 1.65. The number of hydrogen-bond acceptors (Lipinski definition) is 1. The van der Waals surface area contributed by atoms with Gasteiger partial charge in [-0.1, -0.05) is 89.5 Å². The summed E-state index contributed by atoms with van der Waals surface area (Å²) in [6.07, 6.45) is 17.8. The molecule has 1 aliphatic heterocycles. The van der Waals surface area contributed by atoms with Gasteiger partial charge in [-0.15, -0.1) is 0 Å². The van der Waals surface area contributed by atoms with Crippen molar-refractivity contribution in [2.24, 2.45) is 5.92 Å². The quantitative estimate of drug-likeness (QED) is 0.354. The van der Waals surface area contributed by atoms with Crippen molar-refractivity contribution in [2.45, 2.75) is 103 Å². The fraction of sp³-hybridized carbons (Fsp3) is 0.750. The van der Waals surface area contributed by atoms with Gasteiger partial charge in [-0.25, -0.2) is 0 Å². The third-order valence-corrected chi connectivity index (χ3v) is 5.76. The molecule has 0 radical (unpaired) electrons. The van der Waals surface area contributed by atoms with Gasteiger partial charge in [0, 0.05) is 0 Å². The molecule has 2 atom stereocenters. The van der Waals surface area contributed by atoms with Crippen molar-refractivity contribution >= 4 is 0 Å². The van der Waals surface area contributed by atoms with Gasteiger partial charge in [0.2, 0.25) is 0 Å². The summed E-state index contributed by atoms with van der Waals surface area (Å²) in [7, 11) is 0. The fourth-order valence-electron chi connectivity index (χ4n) is 3.99. The van der Waals surface area contributed by atoms with Crippen LogP contribution in [-0.4, -0.2) is 6.61 Å². The van der Waals surface area contributed by atoms with Crippen molar-refractivity contribution in [2.75, 3.05) is 6.61 Å². The molecule has 0 amide bonds. The second-order valence-corrected chi connectivity index (χ2v) is 8.02. The molecule has 0 aliphatic carbocycles. The molecule has 0 aromatic heterocycles. The first-order valence-electron chi connectivity index (χ1n) is 11.0. The Bertz CT molecular complexity index is 428. The Morgan fingerprint density at radius 3 is 2.16 bits per heavy atom. The van der Waals surface area contributed by atoms with E-state index >= 15 is 0 Å². The lowest BCUT2D eigenvalue weighted by atomic mass is 9.90. The Labute approximate surface area is 156 Å². The van der Waals surface area contributed by atoms with Crippen LogP contribution in [0.15, 0.2) is 24.3 Å². The summed E-state index contributed by atoms with van der Waals surface area (Å²) in [5.41, 5.74) is 2.88. The monoisotopic (exact) mass is 344 g/mol. The number of hydrogen-bond donors (Lipinski definition) is 0. The van der Waals surface area contributed by atoms with E-state index in [4.69, 9.17) is 4.74 Å². The molecule has 142 valence electrons. The van der Waals surface area contributed by atoms with Crippen LogP contribution in [-0.2, 0) is 11.2 Å². The van der Waals surface area contributed by atoms with Crippen molar-refractivity contribution in [3.05, 3.63) is 35.4 Å². The zero-order chi connectivity index (χ0) is 17.7. The summed E-state index contributed by atoms with van der Waals surface area (Å²) < 4.78 is 6.18. The number of aryl methyl sites for hydroxylation is 1. The average molecular weight is 345 g/mol. The molecule has 0 spiro atoms. The largest absolute Gasteiger partial charge is 0.373 e. The van der Waals surface area contributed by atoms with E-state index in [1.165, 1.54) is 94.6 Å². The summed E-state index contributed by atoms with van der Waals surface area (Å²) in [5.74, 6) is 0.801. The highest BCUT2D eigenvalue weighted by Crippen LogP contribution is 2.32. The highest BCUT2D eigenvalue weighted by Gasteiger charge is 2.22. The molecule has 1 aliphatic rings. The molecule has 0 N–H and O–H groups in total. The smallest absolute Gasteiger partial charge is 0.0825 e. The molecule has 1 heteroatoms. The SMILES string of the molecule is CCCCCCCCc1ccc(C2CCC(CCCCC)CO2)cc1. The highest BCUT2D eigenvalue weighted by molar-refractivity contribution is 5.24.